The first-order chi connectivity index (χ1) is 14.6. The monoisotopic (exact) mass is 399 g/mol. The summed E-state index contributed by atoms with van der Waals surface area (Å²) in [6.07, 6.45) is 1.86. The molecule has 0 aromatic heterocycles. The highest BCUT2D eigenvalue weighted by atomic mass is 16.2. The van der Waals surface area contributed by atoms with E-state index < -0.39 is 11.9 Å². The van der Waals surface area contributed by atoms with E-state index in [-0.39, 0.29) is 5.57 Å². The van der Waals surface area contributed by atoms with Crippen molar-refractivity contribution >= 4 is 41.4 Å². The number of benzene rings is 3. The van der Waals surface area contributed by atoms with Gasteiger partial charge in [-0.25, -0.2) is 4.79 Å². The second-order valence-electron chi connectivity index (χ2n) is 6.35. The lowest BCUT2D eigenvalue weighted by molar-refractivity contribution is -0.118. The first-order valence-electron chi connectivity index (χ1n) is 9.32. The van der Waals surface area contributed by atoms with Crippen molar-refractivity contribution in [3.8, 4) is 0 Å². The van der Waals surface area contributed by atoms with Crippen LogP contribution in [-0.4, -0.2) is 25.3 Å². The van der Waals surface area contributed by atoms with Crippen LogP contribution in [0.15, 0.2) is 90.5 Å². The van der Waals surface area contributed by atoms with Crippen LogP contribution in [0.25, 0.3) is 6.08 Å². The van der Waals surface area contributed by atoms with Gasteiger partial charge in [0.15, 0.2) is 6.29 Å². The van der Waals surface area contributed by atoms with Crippen LogP contribution in [0, 0.1) is 0 Å². The summed E-state index contributed by atoms with van der Waals surface area (Å²) in [5.74, 6) is -0.761. The van der Waals surface area contributed by atoms with Gasteiger partial charge in [0.05, 0.1) is 5.57 Å². The van der Waals surface area contributed by atoms with E-state index in [1.807, 2.05) is 84.9 Å². The van der Waals surface area contributed by atoms with Gasteiger partial charge in [-0.2, -0.15) is 0 Å². The van der Waals surface area contributed by atoms with E-state index in [2.05, 4.69) is 15.5 Å². The van der Waals surface area contributed by atoms with Crippen LogP contribution in [0.4, 0.5) is 21.9 Å². The van der Waals surface area contributed by atoms with Gasteiger partial charge in [0, 0.05) is 24.1 Å². The largest absolute Gasteiger partial charge is 0.341 e. The lowest BCUT2D eigenvalue weighted by Crippen LogP contribution is -2.38. The SMILES string of the molecule is CNC(=O)NC(=O)/C(C=O)=C\c1ccc(N(c2ccccc2)c2ccccc2)cc1. The quantitative estimate of drug-likeness (QED) is 0.282. The normalized spacial score (nSPS) is 10.8. The van der Waals surface area contributed by atoms with E-state index in [1.54, 1.807) is 0 Å². The van der Waals surface area contributed by atoms with Gasteiger partial charge in [-0.1, -0.05) is 48.5 Å². The van der Waals surface area contributed by atoms with Gasteiger partial charge in [0.2, 0.25) is 0 Å². The molecule has 30 heavy (non-hydrogen) atoms. The van der Waals surface area contributed by atoms with E-state index >= 15 is 0 Å². The molecule has 0 radical (unpaired) electrons. The van der Waals surface area contributed by atoms with Crippen LogP contribution in [0.1, 0.15) is 5.56 Å². The second kappa shape index (κ2) is 9.84. The third-order valence-electron chi connectivity index (χ3n) is 4.35. The molecule has 0 atom stereocenters. The fraction of sp³-hybridized carbons (Fsp3) is 0.0417. The van der Waals surface area contributed by atoms with Crippen LogP contribution in [-0.2, 0) is 9.59 Å². The third kappa shape index (κ3) is 4.99. The zero-order chi connectivity index (χ0) is 21.3. The molecule has 0 saturated heterocycles. The highest BCUT2D eigenvalue weighted by molar-refractivity contribution is 6.18. The maximum absolute atomic E-state index is 12.0. The predicted molar refractivity (Wildman–Crippen MR) is 118 cm³/mol. The molecular formula is C24H21N3O3. The van der Waals surface area contributed by atoms with Gasteiger partial charge in [-0.3, -0.25) is 14.9 Å². The van der Waals surface area contributed by atoms with Gasteiger partial charge in [0.25, 0.3) is 5.91 Å². The molecule has 3 rings (SSSR count). The first-order valence-corrected chi connectivity index (χ1v) is 9.32. The number of carbonyl (C=O) groups excluding carboxylic acids is 3. The number of urea groups is 1. The molecule has 0 spiro atoms. The van der Waals surface area contributed by atoms with Crippen molar-refractivity contribution in [1.29, 1.82) is 0 Å². The van der Waals surface area contributed by atoms with E-state index in [0.29, 0.717) is 11.8 Å². The molecule has 0 unspecified atom stereocenters. The molecule has 150 valence electrons. The van der Waals surface area contributed by atoms with Crippen molar-refractivity contribution in [2.45, 2.75) is 0 Å². The third-order valence-corrected chi connectivity index (χ3v) is 4.35. The Kier molecular flexibility index (Phi) is 6.74. The highest BCUT2D eigenvalue weighted by Gasteiger charge is 2.13. The highest BCUT2D eigenvalue weighted by Crippen LogP contribution is 2.34. The first kappa shape index (κ1) is 20.5. The molecule has 0 aliphatic carbocycles. The molecule has 0 fully saturated rings. The van der Waals surface area contributed by atoms with Crippen molar-refractivity contribution in [2.24, 2.45) is 0 Å². The molecule has 0 aliphatic heterocycles. The topological polar surface area (TPSA) is 78.5 Å². The minimum atomic E-state index is -0.761. The number of hydrogen-bond acceptors (Lipinski definition) is 4. The lowest BCUT2D eigenvalue weighted by Gasteiger charge is -2.25. The van der Waals surface area contributed by atoms with Crippen molar-refractivity contribution in [1.82, 2.24) is 10.6 Å². The van der Waals surface area contributed by atoms with Gasteiger partial charge < -0.3 is 10.2 Å². The van der Waals surface area contributed by atoms with E-state index in [0.717, 1.165) is 17.1 Å². The Morgan fingerprint density at radius 2 is 1.27 bits per heavy atom. The standard InChI is InChI=1S/C24H21N3O3/c1-25-24(30)26-23(29)19(17-28)16-18-12-14-22(15-13-18)27(20-8-4-2-5-9-20)21-10-6-3-7-11-21/h2-17H,1H3,(H2,25,26,29,30)/b19-16-. The summed E-state index contributed by atoms with van der Waals surface area (Å²) in [4.78, 5) is 36.7. The number of imide groups is 1. The van der Waals surface area contributed by atoms with Gasteiger partial charge in [-0.15, -0.1) is 0 Å². The zero-order valence-corrected chi connectivity index (χ0v) is 16.4. The summed E-state index contributed by atoms with van der Waals surface area (Å²) >= 11 is 0. The zero-order valence-electron chi connectivity index (χ0n) is 16.4. The summed E-state index contributed by atoms with van der Waals surface area (Å²) < 4.78 is 0. The smallest absolute Gasteiger partial charge is 0.321 e. The lowest BCUT2D eigenvalue weighted by atomic mass is 10.1. The van der Waals surface area contributed by atoms with Crippen LogP contribution in [0.5, 0.6) is 0 Å². The fourth-order valence-electron chi connectivity index (χ4n) is 2.89. The van der Waals surface area contributed by atoms with Gasteiger partial charge >= 0.3 is 6.03 Å². The Balaban J connectivity index is 1.91. The molecule has 3 amide bonds. The summed E-state index contributed by atoms with van der Waals surface area (Å²) in [7, 11) is 1.39. The molecule has 0 aliphatic rings. The Hall–Kier alpha value is -4.19. The average molecular weight is 399 g/mol. The van der Waals surface area contributed by atoms with Crippen LogP contribution >= 0.6 is 0 Å². The molecule has 0 saturated carbocycles. The van der Waals surface area contributed by atoms with Gasteiger partial charge in [-0.05, 0) is 48.0 Å². The molecule has 3 aromatic carbocycles. The number of carbonyl (C=O) groups is 3. The van der Waals surface area contributed by atoms with Crippen molar-refractivity contribution in [2.75, 3.05) is 11.9 Å². The van der Waals surface area contributed by atoms with Crippen molar-refractivity contribution in [3.05, 3.63) is 96.1 Å². The number of hydrogen-bond donors (Lipinski definition) is 2. The Morgan fingerprint density at radius 3 is 1.73 bits per heavy atom. The molecule has 0 heterocycles. The molecule has 6 nitrogen and oxygen atoms in total. The number of rotatable bonds is 6. The Morgan fingerprint density at radius 1 is 0.767 bits per heavy atom. The van der Waals surface area contributed by atoms with E-state index in [9.17, 15) is 14.4 Å². The van der Waals surface area contributed by atoms with Gasteiger partial charge in [0.1, 0.15) is 0 Å². The Bertz CT molecular complexity index is 1010. The number of nitrogens with zero attached hydrogens (tertiary/aromatic N) is 1. The number of amides is 3. The fourth-order valence-corrected chi connectivity index (χ4v) is 2.89. The summed E-state index contributed by atoms with van der Waals surface area (Å²) in [6, 6.07) is 26.7. The average Bonchev–Trinajstić information content (AvgIpc) is 2.80. The summed E-state index contributed by atoms with van der Waals surface area (Å²) in [5, 5.41) is 4.35. The predicted octanol–water partition coefficient (Wildman–Crippen LogP) is 4.19. The van der Waals surface area contributed by atoms with Crippen molar-refractivity contribution in [3.63, 3.8) is 0 Å². The second-order valence-corrected chi connectivity index (χ2v) is 6.35. The van der Waals surface area contributed by atoms with Crippen LogP contribution in [0.3, 0.4) is 0 Å². The van der Waals surface area contributed by atoms with Crippen LogP contribution in [0.2, 0.25) is 0 Å². The number of aldehydes is 1. The number of nitrogens with one attached hydrogen (secondary N) is 2. The number of para-hydroxylation sites is 2. The number of anilines is 3. The molecular weight excluding hydrogens is 378 g/mol. The summed E-state index contributed by atoms with van der Waals surface area (Å²) in [5.41, 5.74) is 3.45. The van der Waals surface area contributed by atoms with Crippen LogP contribution < -0.4 is 15.5 Å². The van der Waals surface area contributed by atoms with E-state index in [1.165, 1.54) is 13.1 Å². The minimum absolute atomic E-state index is 0.144. The maximum atomic E-state index is 12.0. The molecule has 6 heteroatoms. The summed E-state index contributed by atoms with van der Waals surface area (Å²) in [6.45, 7) is 0. The molecule has 3 aromatic rings. The van der Waals surface area contributed by atoms with Crippen molar-refractivity contribution < 1.29 is 14.4 Å². The Labute approximate surface area is 174 Å². The van der Waals surface area contributed by atoms with E-state index in [4.69, 9.17) is 0 Å². The molecule has 0 bridgehead atoms. The maximum Gasteiger partial charge on any atom is 0.321 e. The molecule has 2 N–H and O–H groups in total. The minimum Gasteiger partial charge on any atom is -0.341 e.